The van der Waals surface area contributed by atoms with Crippen molar-refractivity contribution in [2.24, 2.45) is 0 Å². The fraction of sp³-hybridized carbons (Fsp3) is 0.429. The number of allylic oxidation sites excluding steroid dienone is 2. The average Bonchev–Trinajstić information content (AvgIpc) is 1.85. The van der Waals surface area contributed by atoms with Gasteiger partial charge < -0.3 is 0 Å². The Labute approximate surface area is 64.7 Å². The lowest BCUT2D eigenvalue weighted by atomic mass is 9.95. The second-order valence-electron chi connectivity index (χ2n) is 2.78. The second-order valence-corrected chi connectivity index (χ2v) is 2.78. The first-order valence-corrected chi connectivity index (χ1v) is 3.39. The first-order valence-electron chi connectivity index (χ1n) is 3.39. The van der Waals surface area contributed by atoms with Crippen molar-refractivity contribution in [1.29, 1.82) is 0 Å². The van der Waals surface area contributed by atoms with Gasteiger partial charge >= 0.3 is 0 Å². The lowest BCUT2D eigenvalue weighted by molar-refractivity contribution is -0.556. The van der Waals surface area contributed by atoms with Crippen LogP contribution in [0, 0.1) is 10.1 Å². The maximum atomic E-state index is 10.1. The van der Waals surface area contributed by atoms with E-state index in [0.717, 1.165) is 0 Å². The number of hydrogen-bond acceptors (Lipinski definition) is 2. The number of hydrogen-bond donors (Lipinski definition) is 1. The van der Waals surface area contributed by atoms with Gasteiger partial charge in [-0.05, 0) is 13.3 Å². The molecule has 0 heterocycles. The molecule has 4 nitrogen and oxygen atoms in total. The molecule has 1 aliphatic rings. The highest BCUT2D eigenvalue weighted by Crippen LogP contribution is 2.15. The van der Waals surface area contributed by atoms with Gasteiger partial charge in [-0.15, -0.1) is 5.43 Å². The van der Waals surface area contributed by atoms with Gasteiger partial charge in [-0.3, -0.25) is 0 Å². The monoisotopic (exact) mass is 154 g/mol. The Morgan fingerprint density at radius 1 is 1.64 bits per heavy atom. The summed E-state index contributed by atoms with van der Waals surface area (Å²) in [6.07, 6.45) is 8.03. The Bertz CT molecular complexity index is 222. The molecular weight excluding hydrogens is 144 g/mol. The minimum atomic E-state index is -0.516. The fourth-order valence-corrected chi connectivity index (χ4v) is 1.02. The van der Waals surface area contributed by atoms with Crippen LogP contribution in [0.15, 0.2) is 24.3 Å². The minimum Gasteiger partial charge on any atom is -0.235 e. The van der Waals surface area contributed by atoms with Crippen molar-refractivity contribution in [3.05, 3.63) is 34.4 Å². The Kier molecular flexibility index (Phi) is 1.94. The summed E-state index contributed by atoms with van der Waals surface area (Å²) in [6.45, 7) is 1.79. The number of hydrazine groups is 1. The van der Waals surface area contributed by atoms with E-state index in [1.807, 2.05) is 12.2 Å². The van der Waals surface area contributed by atoms with Gasteiger partial charge in [0.05, 0.1) is 0 Å². The van der Waals surface area contributed by atoms with Crippen LogP contribution in [0.2, 0.25) is 0 Å². The third-order valence-corrected chi connectivity index (χ3v) is 1.60. The largest absolute Gasteiger partial charge is 0.235 e. The van der Waals surface area contributed by atoms with Gasteiger partial charge in [-0.1, -0.05) is 24.3 Å². The van der Waals surface area contributed by atoms with Gasteiger partial charge in [0, 0.05) is 0 Å². The zero-order valence-corrected chi connectivity index (χ0v) is 6.28. The summed E-state index contributed by atoms with van der Waals surface area (Å²) in [6, 6.07) is 0. The summed E-state index contributed by atoms with van der Waals surface area (Å²) >= 11 is 0. The fourth-order valence-electron chi connectivity index (χ4n) is 1.02. The van der Waals surface area contributed by atoms with E-state index in [0.29, 0.717) is 6.42 Å². The molecule has 4 heteroatoms. The van der Waals surface area contributed by atoms with E-state index in [-0.39, 0.29) is 0 Å². The van der Waals surface area contributed by atoms with Crippen LogP contribution < -0.4 is 5.43 Å². The van der Waals surface area contributed by atoms with E-state index in [2.05, 4.69) is 5.43 Å². The summed E-state index contributed by atoms with van der Waals surface area (Å²) in [5.41, 5.74) is 1.73. The molecule has 1 rings (SSSR count). The van der Waals surface area contributed by atoms with Crippen molar-refractivity contribution < 1.29 is 5.03 Å². The molecule has 1 unspecified atom stereocenters. The van der Waals surface area contributed by atoms with E-state index in [4.69, 9.17) is 0 Å². The van der Waals surface area contributed by atoms with Crippen molar-refractivity contribution in [3.63, 3.8) is 0 Å². The van der Waals surface area contributed by atoms with Crippen LogP contribution in [0.3, 0.4) is 0 Å². The summed E-state index contributed by atoms with van der Waals surface area (Å²) in [4.78, 5) is 10.1. The van der Waals surface area contributed by atoms with Gasteiger partial charge in [0.25, 0.3) is 0 Å². The zero-order chi connectivity index (χ0) is 8.32. The summed E-state index contributed by atoms with van der Waals surface area (Å²) in [7, 11) is 0. The van der Waals surface area contributed by atoms with Crippen LogP contribution in [0.4, 0.5) is 0 Å². The quantitative estimate of drug-likeness (QED) is 0.477. The average molecular weight is 154 g/mol. The number of nitrogens with one attached hydrogen (secondary N) is 1. The maximum Gasteiger partial charge on any atom is 0.158 e. The van der Waals surface area contributed by atoms with E-state index in [1.54, 1.807) is 19.1 Å². The van der Waals surface area contributed by atoms with Gasteiger partial charge in [0.15, 0.2) is 5.03 Å². The van der Waals surface area contributed by atoms with Crippen molar-refractivity contribution >= 4 is 0 Å². The van der Waals surface area contributed by atoms with E-state index in [1.165, 1.54) is 0 Å². The summed E-state index contributed by atoms with van der Waals surface area (Å²) < 4.78 is 0. The molecule has 0 fully saturated rings. The zero-order valence-electron chi connectivity index (χ0n) is 6.28. The summed E-state index contributed by atoms with van der Waals surface area (Å²) in [5.74, 6) is 0. The standard InChI is InChI=1S/C7H10N2O2/c1-7(8-9(10)11)5-3-2-4-6-7/h2-5,8H,6H2,1H3. The number of nitro groups is 1. The molecule has 0 radical (unpaired) electrons. The molecule has 0 bridgehead atoms. The molecule has 11 heavy (non-hydrogen) atoms. The molecule has 1 atom stereocenters. The second kappa shape index (κ2) is 2.74. The van der Waals surface area contributed by atoms with E-state index in [9.17, 15) is 10.1 Å². The van der Waals surface area contributed by atoms with Gasteiger partial charge in [0.1, 0.15) is 5.54 Å². The van der Waals surface area contributed by atoms with Gasteiger partial charge in [-0.2, -0.15) is 0 Å². The normalized spacial score (nSPS) is 28.5. The van der Waals surface area contributed by atoms with Crippen LogP contribution in [0.25, 0.3) is 0 Å². The Morgan fingerprint density at radius 2 is 2.36 bits per heavy atom. The molecule has 0 aliphatic heterocycles. The van der Waals surface area contributed by atoms with Crippen LogP contribution >= 0.6 is 0 Å². The predicted octanol–water partition coefficient (Wildman–Crippen LogP) is 1.04. The van der Waals surface area contributed by atoms with Crippen LogP contribution in [-0.4, -0.2) is 10.6 Å². The van der Waals surface area contributed by atoms with Crippen LogP contribution in [0.5, 0.6) is 0 Å². The highest BCUT2D eigenvalue weighted by molar-refractivity contribution is 5.18. The van der Waals surface area contributed by atoms with Crippen molar-refractivity contribution in [2.75, 3.05) is 0 Å². The SMILES string of the molecule is CC1(N[N+](=O)[O-])C=CC=CC1. The first-order chi connectivity index (χ1) is 5.12. The van der Waals surface area contributed by atoms with E-state index >= 15 is 0 Å². The van der Waals surface area contributed by atoms with E-state index < -0.39 is 10.6 Å². The molecule has 0 aromatic rings. The lowest BCUT2D eigenvalue weighted by Gasteiger charge is -2.21. The molecule has 0 saturated heterocycles. The number of rotatable bonds is 2. The van der Waals surface area contributed by atoms with Crippen molar-refractivity contribution in [2.45, 2.75) is 18.9 Å². The first kappa shape index (κ1) is 7.78. The molecule has 0 saturated carbocycles. The lowest BCUT2D eigenvalue weighted by Crippen LogP contribution is -2.44. The molecule has 0 aromatic heterocycles. The molecular formula is C7H10N2O2. The molecule has 60 valence electrons. The van der Waals surface area contributed by atoms with Gasteiger partial charge in [0.2, 0.25) is 0 Å². The van der Waals surface area contributed by atoms with Crippen molar-refractivity contribution in [1.82, 2.24) is 5.43 Å². The maximum absolute atomic E-state index is 10.1. The molecule has 0 aromatic carbocycles. The minimum absolute atomic E-state index is 0.510. The topological polar surface area (TPSA) is 55.2 Å². The third kappa shape index (κ3) is 2.07. The molecule has 1 N–H and O–H groups in total. The van der Waals surface area contributed by atoms with Crippen LogP contribution in [0.1, 0.15) is 13.3 Å². The van der Waals surface area contributed by atoms with Crippen LogP contribution in [-0.2, 0) is 0 Å². The van der Waals surface area contributed by atoms with Crippen molar-refractivity contribution in [3.8, 4) is 0 Å². The highest BCUT2D eigenvalue weighted by atomic mass is 16.7. The summed E-state index contributed by atoms with van der Waals surface area (Å²) in [5, 5.41) is 9.60. The third-order valence-electron chi connectivity index (χ3n) is 1.60. The smallest absolute Gasteiger partial charge is 0.158 e. The Hall–Kier alpha value is -1.32. The molecule has 0 amide bonds. The Balaban J connectivity index is 2.61. The van der Waals surface area contributed by atoms with Gasteiger partial charge in [-0.25, -0.2) is 10.1 Å². The Morgan fingerprint density at radius 3 is 2.82 bits per heavy atom. The molecule has 0 spiro atoms. The predicted molar refractivity (Wildman–Crippen MR) is 41.4 cm³/mol. The number of nitrogens with zero attached hydrogens (tertiary/aromatic N) is 1. The molecule has 1 aliphatic carbocycles. The highest BCUT2D eigenvalue weighted by Gasteiger charge is 2.25.